The topological polar surface area (TPSA) is 112 Å². The van der Waals surface area contributed by atoms with Crippen molar-refractivity contribution < 1.29 is 34.2 Å². The summed E-state index contributed by atoms with van der Waals surface area (Å²) in [5.41, 5.74) is 0. The molecule has 0 radical (unpaired) electrons. The van der Waals surface area contributed by atoms with E-state index in [0.717, 1.165) is 19.3 Å². The standard InChI is InChI=1S/C34H63NO6/c1-5-9-10-11-12-13-14-15-16-17-18-19-20-21-22-23-24-25-35(26-29(6-2)32(36)37,27-30(7-3)33(38)39)28-31(8-4)34(40)41/h13-14,29-31H,5-12,15-28H2,1-4H3,(H2-,36,37,38,39,40,41)/p+1/b14-13+. The second-order valence-electron chi connectivity index (χ2n) is 12.2. The molecule has 7 heteroatoms. The van der Waals surface area contributed by atoms with E-state index in [4.69, 9.17) is 0 Å². The monoisotopic (exact) mass is 582 g/mol. The average molecular weight is 583 g/mol. The number of hydrogen-bond donors (Lipinski definition) is 3. The molecule has 41 heavy (non-hydrogen) atoms. The van der Waals surface area contributed by atoms with E-state index in [9.17, 15) is 29.7 Å². The molecule has 0 saturated carbocycles. The van der Waals surface area contributed by atoms with E-state index in [0.29, 0.717) is 25.8 Å². The van der Waals surface area contributed by atoms with E-state index in [-0.39, 0.29) is 24.1 Å². The Morgan fingerprint density at radius 2 is 0.829 bits per heavy atom. The number of carbonyl (C=O) groups is 3. The summed E-state index contributed by atoms with van der Waals surface area (Å²) in [5.74, 6) is -4.52. The molecule has 0 aromatic rings. The summed E-state index contributed by atoms with van der Waals surface area (Å²) in [5, 5.41) is 29.4. The number of quaternary nitrogens is 1. The van der Waals surface area contributed by atoms with E-state index in [1.165, 1.54) is 77.0 Å². The minimum atomic E-state index is -0.889. The van der Waals surface area contributed by atoms with E-state index in [1.807, 2.05) is 20.8 Å². The molecular formula is C34H64NO6+. The molecule has 0 saturated heterocycles. The van der Waals surface area contributed by atoms with Crippen LogP contribution >= 0.6 is 0 Å². The molecule has 0 aromatic heterocycles. The Labute approximate surface area is 251 Å². The second-order valence-corrected chi connectivity index (χ2v) is 12.2. The van der Waals surface area contributed by atoms with Crippen molar-refractivity contribution in [1.29, 1.82) is 0 Å². The van der Waals surface area contributed by atoms with Crippen LogP contribution in [0.2, 0.25) is 0 Å². The van der Waals surface area contributed by atoms with E-state index in [1.54, 1.807) is 0 Å². The van der Waals surface area contributed by atoms with Crippen molar-refractivity contribution in [3.8, 4) is 0 Å². The Morgan fingerprint density at radius 3 is 1.15 bits per heavy atom. The van der Waals surface area contributed by atoms with Crippen LogP contribution in [0.25, 0.3) is 0 Å². The van der Waals surface area contributed by atoms with E-state index < -0.39 is 35.7 Å². The van der Waals surface area contributed by atoms with Gasteiger partial charge in [-0.05, 0) is 57.8 Å². The first-order valence-corrected chi connectivity index (χ1v) is 16.8. The zero-order valence-corrected chi connectivity index (χ0v) is 27.0. The van der Waals surface area contributed by atoms with Crippen LogP contribution < -0.4 is 0 Å². The number of allylic oxidation sites excluding steroid dienone is 2. The smallest absolute Gasteiger partial charge is 0.312 e. The van der Waals surface area contributed by atoms with Gasteiger partial charge in [0.05, 0.1) is 26.2 Å². The fourth-order valence-corrected chi connectivity index (χ4v) is 5.92. The molecule has 7 nitrogen and oxygen atoms in total. The number of rotatable bonds is 29. The van der Waals surface area contributed by atoms with Crippen LogP contribution in [0.3, 0.4) is 0 Å². The molecule has 0 heterocycles. The first kappa shape index (κ1) is 39.1. The van der Waals surface area contributed by atoms with Gasteiger partial charge in [-0.2, -0.15) is 0 Å². The molecule has 0 bridgehead atoms. The minimum absolute atomic E-state index is 0.258. The Kier molecular flexibility index (Phi) is 23.5. The number of nitrogens with zero attached hydrogens (tertiary/aromatic N) is 1. The van der Waals surface area contributed by atoms with Crippen LogP contribution in [0, 0.1) is 17.8 Å². The molecule has 0 aliphatic rings. The molecule has 0 fully saturated rings. The third-order valence-corrected chi connectivity index (χ3v) is 8.74. The van der Waals surface area contributed by atoms with Gasteiger partial charge in [0.1, 0.15) is 17.8 Å². The van der Waals surface area contributed by atoms with Gasteiger partial charge >= 0.3 is 17.9 Å². The number of aliphatic carboxylic acids is 3. The molecule has 0 amide bonds. The van der Waals surface area contributed by atoms with Gasteiger partial charge in [0, 0.05) is 0 Å². The van der Waals surface area contributed by atoms with Crippen LogP contribution in [-0.2, 0) is 14.4 Å². The lowest BCUT2D eigenvalue weighted by molar-refractivity contribution is -0.935. The fourth-order valence-electron chi connectivity index (χ4n) is 5.92. The number of hydrogen-bond acceptors (Lipinski definition) is 3. The summed E-state index contributed by atoms with van der Waals surface area (Å²) < 4.78 is 0.258. The van der Waals surface area contributed by atoms with Crippen molar-refractivity contribution in [3.63, 3.8) is 0 Å². The second kappa shape index (κ2) is 24.7. The first-order chi connectivity index (χ1) is 19.7. The number of carboxylic acid groups (broad SMARTS) is 3. The quantitative estimate of drug-likeness (QED) is 0.0463. The zero-order chi connectivity index (χ0) is 30.9. The maximum Gasteiger partial charge on any atom is 0.312 e. The summed E-state index contributed by atoms with van der Waals surface area (Å²) in [4.78, 5) is 35.9. The summed E-state index contributed by atoms with van der Waals surface area (Å²) >= 11 is 0. The van der Waals surface area contributed by atoms with Gasteiger partial charge < -0.3 is 19.8 Å². The number of carboxylic acids is 3. The molecule has 3 unspecified atom stereocenters. The average Bonchev–Trinajstić information content (AvgIpc) is 2.94. The molecule has 0 rings (SSSR count). The highest BCUT2D eigenvalue weighted by Crippen LogP contribution is 2.25. The highest BCUT2D eigenvalue weighted by atomic mass is 16.4. The molecule has 240 valence electrons. The lowest BCUT2D eigenvalue weighted by Gasteiger charge is -2.43. The van der Waals surface area contributed by atoms with Gasteiger partial charge in [-0.3, -0.25) is 14.4 Å². The minimum Gasteiger partial charge on any atom is -0.481 e. The van der Waals surface area contributed by atoms with E-state index >= 15 is 0 Å². The van der Waals surface area contributed by atoms with Crippen LogP contribution in [0.15, 0.2) is 12.2 Å². The first-order valence-electron chi connectivity index (χ1n) is 16.8. The van der Waals surface area contributed by atoms with Crippen LogP contribution in [0.4, 0.5) is 0 Å². The Hall–Kier alpha value is -1.89. The highest BCUT2D eigenvalue weighted by Gasteiger charge is 2.40. The normalized spacial score (nSPS) is 15.4. The van der Waals surface area contributed by atoms with Crippen LogP contribution in [0.1, 0.15) is 143 Å². The largest absolute Gasteiger partial charge is 0.481 e. The molecule has 0 aliphatic heterocycles. The van der Waals surface area contributed by atoms with Crippen molar-refractivity contribution in [2.24, 2.45) is 17.8 Å². The number of unbranched alkanes of at least 4 members (excludes halogenated alkanes) is 13. The van der Waals surface area contributed by atoms with Gasteiger partial charge in [-0.1, -0.05) is 97.6 Å². The lowest BCUT2D eigenvalue weighted by atomic mass is 9.95. The van der Waals surface area contributed by atoms with Crippen molar-refractivity contribution in [1.82, 2.24) is 0 Å². The molecular weight excluding hydrogens is 518 g/mol. The molecule has 0 spiro atoms. The van der Waals surface area contributed by atoms with Crippen LogP contribution in [-0.4, -0.2) is 63.9 Å². The van der Waals surface area contributed by atoms with E-state index in [2.05, 4.69) is 19.1 Å². The third-order valence-electron chi connectivity index (χ3n) is 8.74. The Bertz CT molecular complexity index is 662. The maximum atomic E-state index is 12.0. The summed E-state index contributed by atoms with van der Waals surface area (Å²) in [6.45, 7) is 9.24. The van der Waals surface area contributed by atoms with Gasteiger partial charge in [-0.15, -0.1) is 0 Å². The molecule has 3 N–H and O–H groups in total. The highest BCUT2D eigenvalue weighted by molar-refractivity contribution is 5.71. The van der Waals surface area contributed by atoms with Crippen molar-refractivity contribution in [2.75, 3.05) is 26.2 Å². The summed E-state index contributed by atoms with van der Waals surface area (Å²) in [6, 6.07) is 0. The molecule has 3 atom stereocenters. The van der Waals surface area contributed by atoms with Gasteiger partial charge in [0.2, 0.25) is 0 Å². The maximum absolute atomic E-state index is 12.0. The summed E-state index contributed by atoms with van der Waals surface area (Å²) in [6.07, 6.45) is 24.2. The van der Waals surface area contributed by atoms with Gasteiger partial charge in [-0.25, -0.2) is 0 Å². The molecule has 0 aromatic carbocycles. The van der Waals surface area contributed by atoms with Gasteiger partial charge in [0.25, 0.3) is 0 Å². The summed E-state index contributed by atoms with van der Waals surface area (Å²) in [7, 11) is 0. The predicted octanol–water partition coefficient (Wildman–Crippen LogP) is 8.56. The van der Waals surface area contributed by atoms with Crippen LogP contribution in [0.5, 0.6) is 0 Å². The van der Waals surface area contributed by atoms with Crippen molar-refractivity contribution in [2.45, 2.75) is 143 Å². The third kappa shape index (κ3) is 19.0. The van der Waals surface area contributed by atoms with Crippen molar-refractivity contribution >= 4 is 17.9 Å². The lowest BCUT2D eigenvalue weighted by Crippen LogP contribution is -2.58. The Morgan fingerprint density at radius 1 is 0.512 bits per heavy atom. The Balaban J connectivity index is 4.79. The van der Waals surface area contributed by atoms with Crippen molar-refractivity contribution in [3.05, 3.63) is 12.2 Å². The SMILES string of the molecule is CCCCCC/C=C/CCCCCCCCCCC[N+](CC(CC)C(=O)O)(CC(CC)C(=O)O)CC(CC)C(=O)O. The molecule has 0 aliphatic carbocycles. The fraction of sp³-hybridized carbons (Fsp3) is 0.853. The van der Waals surface area contributed by atoms with Gasteiger partial charge in [0.15, 0.2) is 0 Å². The predicted molar refractivity (Wildman–Crippen MR) is 168 cm³/mol. The zero-order valence-electron chi connectivity index (χ0n) is 27.0.